The smallest absolute Gasteiger partial charge is 0.429 e. The Morgan fingerprint density at radius 2 is 1.12 bits per heavy atom. The van der Waals surface area contributed by atoms with Gasteiger partial charge in [-0.05, 0) is 36.6 Å². The lowest BCUT2D eigenvalue weighted by atomic mass is 9.87. The molecule has 1 heterocycles. The molecule has 1 aliphatic rings. The van der Waals surface area contributed by atoms with Gasteiger partial charge in [0.05, 0.1) is 17.0 Å². The summed E-state index contributed by atoms with van der Waals surface area (Å²) in [4.78, 5) is 25.4. The number of rotatable bonds is 7. The molecule has 0 atom stereocenters. The number of hydrogen-bond acceptors (Lipinski definition) is 7. The first kappa shape index (κ1) is 28.3. The summed E-state index contributed by atoms with van der Waals surface area (Å²) < 4.78 is 63.6. The molecule has 0 amide bonds. The zero-order valence-corrected chi connectivity index (χ0v) is 21.7. The highest BCUT2D eigenvalue weighted by Gasteiger charge is 2.42. The number of allylic oxidation sites excluding steroid dienone is 2. The summed E-state index contributed by atoms with van der Waals surface area (Å²) in [6.07, 6.45) is -7.03. The summed E-state index contributed by atoms with van der Waals surface area (Å²) in [7, 11) is 0. The van der Waals surface area contributed by atoms with E-state index in [2.05, 4.69) is 5.32 Å². The van der Waals surface area contributed by atoms with Crippen molar-refractivity contribution in [2.75, 3.05) is 0 Å². The van der Waals surface area contributed by atoms with E-state index >= 15 is 0 Å². The van der Waals surface area contributed by atoms with Crippen molar-refractivity contribution < 1.29 is 41.7 Å². The molecule has 4 rings (SSSR count). The first-order valence-electron chi connectivity index (χ1n) is 12.2. The fraction of sp³-hybridized carbons (Fsp3) is 0.200. The van der Waals surface area contributed by atoms with Gasteiger partial charge in [-0.25, -0.2) is 9.59 Å². The molecule has 3 aromatic rings. The molecule has 0 aliphatic carbocycles. The summed E-state index contributed by atoms with van der Waals surface area (Å²) in [5.41, 5.74) is 0.577. The molecule has 0 aromatic heterocycles. The van der Waals surface area contributed by atoms with Crippen molar-refractivity contribution in [2.24, 2.45) is 0 Å². The van der Waals surface area contributed by atoms with E-state index in [-0.39, 0.29) is 41.7 Å². The van der Waals surface area contributed by atoms with Crippen molar-refractivity contribution in [3.63, 3.8) is 0 Å². The summed E-state index contributed by atoms with van der Waals surface area (Å²) in [6, 6.07) is 22.4. The van der Waals surface area contributed by atoms with Crippen molar-refractivity contribution in [3.8, 4) is 0 Å². The summed E-state index contributed by atoms with van der Waals surface area (Å²) in [6.45, 7) is 2.81. The molecule has 3 aromatic carbocycles. The minimum Gasteiger partial charge on any atom is -0.429 e. The van der Waals surface area contributed by atoms with E-state index in [1.807, 2.05) is 0 Å². The van der Waals surface area contributed by atoms with Crippen LogP contribution in [-0.2, 0) is 38.3 Å². The number of dihydropyridines is 1. The zero-order valence-electron chi connectivity index (χ0n) is 21.7. The van der Waals surface area contributed by atoms with Gasteiger partial charge in [0.1, 0.15) is 30.6 Å². The van der Waals surface area contributed by atoms with Crippen LogP contribution in [0.1, 0.15) is 42.0 Å². The molecule has 40 heavy (non-hydrogen) atoms. The average molecular weight is 554 g/mol. The Balaban J connectivity index is 1.64. The Hall–Kier alpha value is -4.73. The fourth-order valence-electron chi connectivity index (χ4n) is 4.19. The molecule has 7 nitrogen and oxygen atoms in total. The number of benzene rings is 3. The van der Waals surface area contributed by atoms with Gasteiger partial charge in [-0.3, -0.25) is 0 Å². The zero-order chi connectivity index (χ0) is 28.7. The molecule has 10 heteroatoms. The highest BCUT2D eigenvalue weighted by Crippen LogP contribution is 2.44. The largest absolute Gasteiger partial charge is 0.513 e. The Labute approximate surface area is 228 Å². The van der Waals surface area contributed by atoms with Gasteiger partial charge in [-0.2, -0.15) is 13.2 Å². The van der Waals surface area contributed by atoms with Gasteiger partial charge in [0.2, 0.25) is 0 Å². The van der Waals surface area contributed by atoms with Crippen molar-refractivity contribution >= 4 is 12.3 Å². The van der Waals surface area contributed by atoms with Crippen molar-refractivity contribution in [1.29, 1.82) is 0 Å². The first-order chi connectivity index (χ1) is 19.1. The molecular weight excluding hydrogens is 527 g/mol. The first-order valence-corrected chi connectivity index (χ1v) is 12.2. The van der Waals surface area contributed by atoms with Crippen LogP contribution in [0.5, 0.6) is 0 Å². The number of hydrogen-bond donors (Lipinski definition) is 1. The molecule has 0 bridgehead atoms. The minimum atomic E-state index is -4.75. The molecule has 1 N–H and O–H groups in total. The molecule has 1 aliphatic heterocycles. The highest BCUT2D eigenvalue weighted by atomic mass is 19.4. The van der Waals surface area contributed by atoms with Crippen LogP contribution in [0.3, 0.4) is 0 Å². The molecule has 0 saturated heterocycles. The Morgan fingerprint density at radius 3 is 1.57 bits per heavy atom. The van der Waals surface area contributed by atoms with Crippen LogP contribution in [-0.4, -0.2) is 12.3 Å². The van der Waals surface area contributed by atoms with E-state index < -0.39 is 30.0 Å². The monoisotopic (exact) mass is 553 g/mol. The minimum absolute atomic E-state index is 0.118. The van der Waals surface area contributed by atoms with E-state index in [0.717, 1.165) is 6.07 Å². The van der Waals surface area contributed by atoms with Crippen molar-refractivity contribution in [3.05, 3.63) is 130 Å². The third-order valence-corrected chi connectivity index (χ3v) is 6.00. The maximum atomic E-state index is 14.1. The average Bonchev–Trinajstić information content (AvgIpc) is 2.94. The van der Waals surface area contributed by atoms with Gasteiger partial charge in [-0.15, -0.1) is 0 Å². The Kier molecular flexibility index (Phi) is 8.78. The fourth-order valence-corrected chi connectivity index (χ4v) is 4.19. The van der Waals surface area contributed by atoms with Crippen LogP contribution in [0.25, 0.3) is 0 Å². The molecule has 0 saturated carbocycles. The van der Waals surface area contributed by atoms with Crippen LogP contribution in [0, 0.1) is 0 Å². The van der Waals surface area contributed by atoms with Gasteiger partial charge in [-0.1, -0.05) is 78.9 Å². The molecular formula is C30H26F3NO6. The third-order valence-electron chi connectivity index (χ3n) is 6.00. The standard InChI is InChI=1S/C30H26F3NO6/c1-19-26(39-28(35)37-17-21-11-5-3-6-12-21)25(23-15-9-10-16-24(23)30(31,32)33)27(20(2)34-19)40-29(36)38-18-22-13-7-4-8-14-22/h3-16,25,34H,17-18H2,1-2H3. The van der Waals surface area contributed by atoms with Crippen LogP contribution >= 0.6 is 0 Å². The van der Waals surface area contributed by atoms with E-state index in [4.69, 9.17) is 18.9 Å². The Morgan fingerprint density at radius 1 is 0.700 bits per heavy atom. The second kappa shape index (κ2) is 12.4. The second-order valence-electron chi connectivity index (χ2n) is 8.87. The van der Waals surface area contributed by atoms with Gasteiger partial charge in [0, 0.05) is 0 Å². The molecule has 0 radical (unpaired) electrons. The van der Waals surface area contributed by atoms with Crippen molar-refractivity contribution in [2.45, 2.75) is 39.2 Å². The molecule has 208 valence electrons. The van der Waals surface area contributed by atoms with Crippen molar-refractivity contribution in [1.82, 2.24) is 5.32 Å². The summed E-state index contributed by atoms with van der Waals surface area (Å²) in [5, 5.41) is 2.91. The predicted octanol–water partition coefficient (Wildman–Crippen LogP) is 7.56. The normalized spacial score (nSPS) is 13.9. The van der Waals surface area contributed by atoms with Crippen LogP contribution in [0.4, 0.5) is 22.8 Å². The van der Waals surface area contributed by atoms with Gasteiger partial charge < -0.3 is 24.3 Å². The lowest BCUT2D eigenvalue weighted by molar-refractivity contribution is -0.138. The lowest BCUT2D eigenvalue weighted by Crippen LogP contribution is -2.30. The summed E-state index contributed by atoms with van der Waals surface area (Å²) >= 11 is 0. The van der Waals surface area contributed by atoms with E-state index in [1.54, 1.807) is 60.7 Å². The number of carbonyl (C=O) groups excluding carboxylic acids is 2. The van der Waals surface area contributed by atoms with Crippen LogP contribution < -0.4 is 5.32 Å². The quantitative estimate of drug-likeness (QED) is 0.302. The van der Waals surface area contributed by atoms with Crippen LogP contribution in [0.15, 0.2) is 108 Å². The van der Waals surface area contributed by atoms with E-state index in [9.17, 15) is 22.8 Å². The number of alkyl halides is 3. The van der Waals surface area contributed by atoms with Crippen LogP contribution in [0.2, 0.25) is 0 Å². The maximum Gasteiger partial charge on any atom is 0.513 e. The Bertz CT molecular complexity index is 1340. The highest BCUT2D eigenvalue weighted by molar-refractivity contribution is 5.65. The van der Waals surface area contributed by atoms with E-state index in [1.165, 1.54) is 32.0 Å². The predicted molar refractivity (Wildman–Crippen MR) is 138 cm³/mol. The van der Waals surface area contributed by atoms with E-state index in [0.29, 0.717) is 11.1 Å². The SMILES string of the molecule is CC1=C(OC(=O)OCc2ccccc2)C(c2ccccc2C(F)(F)F)C(OC(=O)OCc2ccccc2)=C(C)N1. The molecule has 0 fully saturated rings. The van der Waals surface area contributed by atoms with Gasteiger partial charge in [0.15, 0.2) is 0 Å². The number of halogens is 3. The number of nitrogens with one attached hydrogen (secondary N) is 1. The maximum absolute atomic E-state index is 14.1. The second-order valence-corrected chi connectivity index (χ2v) is 8.87. The number of carbonyl (C=O) groups is 2. The lowest BCUT2D eigenvalue weighted by Gasteiger charge is -2.31. The number of ether oxygens (including phenoxy) is 4. The topological polar surface area (TPSA) is 83.1 Å². The summed E-state index contributed by atoms with van der Waals surface area (Å²) in [5.74, 6) is -1.86. The van der Waals surface area contributed by atoms with Gasteiger partial charge >= 0.3 is 18.5 Å². The molecule has 0 unspecified atom stereocenters. The third kappa shape index (κ3) is 7.02. The van der Waals surface area contributed by atoms with Gasteiger partial charge in [0.25, 0.3) is 0 Å². The molecule has 0 spiro atoms.